The number of hydrogen-bond donors (Lipinski definition) is 1. The van der Waals surface area contributed by atoms with Crippen molar-refractivity contribution < 1.29 is 13.5 Å². The molecule has 0 saturated heterocycles. The predicted molar refractivity (Wildman–Crippen MR) is 66.0 cm³/mol. The zero-order valence-electron chi connectivity index (χ0n) is 8.69. The Balaban J connectivity index is 3.05. The van der Waals surface area contributed by atoms with Gasteiger partial charge in [0.25, 0.3) is 0 Å². The molecule has 0 spiro atoms. The number of halogens is 1. The van der Waals surface area contributed by atoms with Gasteiger partial charge in [0.2, 0.25) is 0 Å². The highest BCUT2D eigenvalue weighted by Crippen LogP contribution is 2.35. The number of aliphatic hydroxyl groups excluding tert-OH is 1. The van der Waals surface area contributed by atoms with E-state index in [0.717, 1.165) is 15.6 Å². The average molecular weight is 313 g/mol. The molecule has 15 heavy (non-hydrogen) atoms. The van der Waals surface area contributed by atoms with Crippen LogP contribution in [0.2, 0.25) is 0 Å². The van der Waals surface area contributed by atoms with Crippen LogP contribution < -0.4 is 0 Å². The van der Waals surface area contributed by atoms with E-state index in [-0.39, 0.29) is 0 Å². The van der Waals surface area contributed by atoms with Crippen LogP contribution in [0.1, 0.15) is 22.8 Å². The Morgan fingerprint density at radius 1 is 1.53 bits per heavy atom. The zero-order chi connectivity index (χ0) is 11.8. The third kappa shape index (κ3) is 3.03. The molecule has 3 nitrogen and oxygen atoms in total. The molecule has 0 aliphatic carbocycles. The number of rotatable bonds is 3. The van der Waals surface area contributed by atoms with Gasteiger partial charge < -0.3 is 5.11 Å². The lowest BCUT2D eigenvalue weighted by atomic mass is 10.2. The third-order valence-electron chi connectivity index (χ3n) is 2.22. The van der Waals surface area contributed by atoms with Crippen LogP contribution in [-0.2, 0) is 9.84 Å². The molecule has 0 saturated carbocycles. The standard InChI is InChI=1S/C9H13BrO3S2/c1-5-4-7(10)9(14-5)8(11)6(2)15(3,12)13/h4,6,8,11H,1-3H3. The minimum atomic E-state index is -3.22. The second-order valence-corrected chi connectivity index (χ2v) is 8.09. The first-order chi connectivity index (χ1) is 6.73. The largest absolute Gasteiger partial charge is 0.386 e. The quantitative estimate of drug-likeness (QED) is 0.931. The van der Waals surface area contributed by atoms with Crippen molar-refractivity contribution in [3.8, 4) is 0 Å². The molecular formula is C9H13BrO3S2. The molecule has 0 radical (unpaired) electrons. The Kier molecular flexibility index (Phi) is 3.97. The van der Waals surface area contributed by atoms with Gasteiger partial charge >= 0.3 is 0 Å². The highest BCUT2D eigenvalue weighted by Gasteiger charge is 2.28. The van der Waals surface area contributed by atoms with E-state index < -0.39 is 21.2 Å². The van der Waals surface area contributed by atoms with Gasteiger partial charge in [0.15, 0.2) is 9.84 Å². The van der Waals surface area contributed by atoms with Crippen molar-refractivity contribution in [2.75, 3.05) is 6.26 Å². The summed E-state index contributed by atoms with van der Waals surface area (Å²) >= 11 is 4.71. The Morgan fingerprint density at radius 2 is 2.07 bits per heavy atom. The van der Waals surface area contributed by atoms with Gasteiger partial charge in [0, 0.05) is 20.5 Å². The van der Waals surface area contributed by atoms with E-state index in [0.29, 0.717) is 4.88 Å². The smallest absolute Gasteiger partial charge is 0.152 e. The predicted octanol–water partition coefficient (Wildman–Crippen LogP) is 2.29. The van der Waals surface area contributed by atoms with Crippen LogP contribution in [0.5, 0.6) is 0 Å². The highest BCUT2D eigenvalue weighted by molar-refractivity contribution is 9.10. The molecule has 1 rings (SSSR count). The summed E-state index contributed by atoms with van der Waals surface area (Å²) < 4.78 is 23.4. The van der Waals surface area contributed by atoms with Gasteiger partial charge in [-0.05, 0) is 35.8 Å². The number of sulfone groups is 1. The second kappa shape index (κ2) is 4.53. The normalized spacial score (nSPS) is 16.3. The fraction of sp³-hybridized carbons (Fsp3) is 0.556. The van der Waals surface area contributed by atoms with Crippen LogP contribution in [0.4, 0.5) is 0 Å². The lowest BCUT2D eigenvalue weighted by molar-refractivity contribution is 0.179. The Morgan fingerprint density at radius 3 is 2.40 bits per heavy atom. The monoisotopic (exact) mass is 312 g/mol. The Bertz CT molecular complexity index is 450. The van der Waals surface area contributed by atoms with E-state index in [1.165, 1.54) is 18.3 Å². The fourth-order valence-corrected chi connectivity index (χ4v) is 3.82. The van der Waals surface area contributed by atoms with Gasteiger partial charge in [-0.2, -0.15) is 0 Å². The van der Waals surface area contributed by atoms with Crippen LogP contribution in [0.15, 0.2) is 10.5 Å². The van der Waals surface area contributed by atoms with Crippen LogP contribution in [0.25, 0.3) is 0 Å². The Labute approximate surface area is 102 Å². The number of aliphatic hydroxyl groups is 1. The van der Waals surface area contributed by atoms with E-state index in [1.807, 2.05) is 13.0 Å². The van der Waals surface area contributed by atoms with E-state index in [9.17, 15) is 13.5 Å². The minimum Gasteiger partial charge on any atom is -0.386 e. The summed E-state index contributed by atoms with van der Waals surface area (Å²) in [5, 5.41) is 9.13. The molecule has 0 amide bonds. The summed E-state index contributed by atoms with van der Waals surface area (Å²) in [7, 11) is -3.22. The van der Waals surface area contributed by atoms with Crippen LogP contribution in [0.3, 0.4) is 0 Å². The van der Waals surface area contributed by atoms with Gasteiger partial charge in [0.05, 0.1) is 5.25 Å². The summed E-state index contributed by atoms with van der Waals surface area (Å²) in [6, 6.07) is 1.87. The van der Waals surface area contributed by atoms with E-state index in [1.54, 1.807) is 0 Å². The molecule has 1 aromatic rings. The molecule has 86 valence electrons. The van der Waals surface area contributed by atoms with Gasteiger partial charge in [-0.3, -0.25) is 0 Å². The number of thiophene rings is 1. The minimum absolute atomic E-state index is 0.672. The van der Waals surface area contributed by atoms with E-state index in [2.05, 4.69) is 15.9 Å². The number of hydrogen-bond acceptors (Lipinski definition) is 4. The van der Waals surface area contributed by atoms with Crippen LogP contribution in [-0.4, -0.2) is 25.0 Å². The van der Waals surface area contributed by atoms with Crippen LogP contribution in [0, 0.1) is 6.92 Å². The first-order valence-corrected chi connectivity index (χ1v) is 7.92. The lowest BCUT2D eigenvalue weighted by Gasteiger charge is -2.16. The third-order valence-corrected chi connectivity index (χ3v) is 5.87. The van der Waals surface area contributed by atoms with Crippen molar-refractivity contribution >= 4 is 37.1 Å². The maximum absolute atomic E-state index is 11.3. The van der Waals surface area contributed by atoms with Gasteiger partial charge in [-0.25, -0.2) is 8.42 Å². The fourth-order valence-electron chi connectivity index (χ4n) is 1.15. The van der Waals surface area contributed by atoms with Gasteiger partial charge in [0.1, 0.15) is 6.10 Å². The SMILES string of the molecule is Cc1cc(Br)c(C(O)C(C)S(C)(=O)=O)s1. The van der Waals surface area contributed by atoms with Gasteiger partial charge in [-0.15, -0.1) is 11.3 Å². The van der Waals surface area contributed by atoms with Crippen molar-refractivity contribution in [2.24, 2.45) is 0 Å². The molecule has 2 atom stereocenters. The number of aryl methyl sites for hydroxylation is 1. The lowest BCUT2D eigenvalue weighted by Crippen LogP contribution is -2.23. The maximum Gasteiger partial charge on any atom is 0.152 e. The van der Waals surface area contributed by atoms with Crippen molar-refractivity contribution in [3.63, 3.8) is 0 Å². The summed E-state index contributed by atoms with van der Waals surface area (Å²) in [6.45, 7) is 3.43. The first-order valence-electron chi connectivity index (χ1n) is 4.36. The first kappa shape index (κ1) is 13.2. The molecule has 0 aromatic carbocycles. The summed E-state index contributed by atoms with van der Waals surface area (Å²) in [4.78, 5) is 1.71. The van der Waals surface area contributed by atoms with Crippen LogP contribution >= 0.6 is 27.3 Å². The highest BCUT2D eigenvalue weighted by atomic mass is 79.9. The molecule has 1 heterocycles. The molecule has 2 unspecified atom stereocenters. The molecule has 6 heteroatoms. The maximum atomic E-state index is 11.3. The summed E-state index contributed by atoms with van der Waals surface area (Å²) in [5.41, 5.74) is 0. The van der Waals surface area contributed by atoms with Crippen molar-refractivity contribution in [1.82, 2.24) is 0 Å². The molecule has 0 aliphatic heterocycles. The van der Waals surface area contributed by atoms with Crippen molar-refractivity contribution in [2.45, 2.75) is 25.2 Å². The molecule has 0 aliphatic rings. The summed E-state index contributed by atoms with van der Waals surface area (Å²) in [5.74, 6) is 0. The summed E-state index contributed by atoms with van der Waals surface area (Å²) in [6.07, 6.45) is 0.169. The second-order valence-electron chi connectivity index (χ2n) is 3.55. The molecule has 1 N–H and O–H groups in total. The van der Waals surface area contributed by atoms with Crippen molar-refractivity contribution in [3.05, 3.63) is 20.3 Å². The topological polar surface area (TPSA) is 54.4 Å². The Hall–Kier alpha value is 0.0900. The molecule has 0 bridgehead atoms. The van der Waals surface area contributed by atoms with Crippen molar-refractivity contribution in [1.29, 1.82) is 0 Å². The van der Waals surface area contributed by atoms with Gasteiger partial charge in [-0.1, -0.05) is 0 Å². The molecular weight excluding hydrogens is 300 g/mol. The average Bonchev–Trinajstić information content (AvgIpc) is 2.41. The molecule has 1 aromatic heterocycles. The van der Waals surface area contributed by atoms with E-state index in [4.69, 9.17) is 0 Å². The van der Waals surface area contributed by atoms with E-state index >= 15 is 0 Å². The molecule has 0 fully saturated rings. The zero-order valence-corrected chi connectivity index (χ0v) is 11.9.